The van der Waals surface area contributed by atoms with Crippen molar-refractivity contribution in [1.29, 1.82) is 0 Å². The Morgan fingerprint density at radius 2 is 2.00 bits per heavy atom. The van der Waals surface area contributed by atoms with Crippen LogP contribution in [0, 0.1) is 5.92 Å². The van der Waals surface area contributed by atoms with E-state index in [2.05, 4.69) is 0 Å². The van der Waals surface area contributed by atoms with Crippen molar-refractivity contribution in [3.05, 3.63) is 53.1 Å². The maximum absolute atomic E-state index is 13.4. The molecule has 0 aromatic heterocycles. The Labute approximate surface area is 229 Å². The number of unbranched alkanes of at least 4 members (excludes halogenated alkanes) is 1. The quantitative estimate of drug-likeness (QED) is 0.391. The Morgan fingerprint density at radius 3 is 2.71 bits per heavy atom. The molecule has 8 nitrogen and oxygen atoms in total. The van der Waals surface area contributed by atoms with Crippen LogP contribution in [0.1, 0.15) is 37.7 Å². The molecule has 0 bridgehead atoms. The van der Waals surface area contributed by atoms with Crippen molar-refractivity contribution < 1.29 is 29.2 Å². The molecule has 1 heterocycles. The molecule has 208 valence electrons. The van der Waals surface area contributed by atoms with Crippen LogP contribution in [-0.4, -0.2) is 79.8 Å². The molecule has 2 fully saturated rings. The van der Waals surface area contributed by atoms with Gasteiger partial charge in [-0.3, -0.25) is 4.79 Å². The molecule has 1 amide bonds. The van der Waals surface area contributed by atoms with Crippen molar-refractivity contribution in [2.24, 2.45) is 11.7 Å². The lowest BCUT2D eigenvalue weighted by Crippen LogP contribution is -2.55. The Hall–Kier alpha value is -2.20. The maximum atomic E-state index is 13.4. The molecule has 2 aliphatic rings. The molecule has 38 heavy (non-hydrogen) atoms. The number of hydrogen-bond donors (Lipinski definition) is 3. The maximum Gasteiger partial charge on any atom is 0.226 e. The van der Waals surface area contributed by atoms with Gasteiger partial charge in [-0.15, -0.1) is 0 Å². The molecule has 2 aromatic rings. The number of carbonyl (C=O) groups excluding carboxylic acids is 1. The molecule has 1 saturated carbocycles. The summed E-state index contributed by atoms with van der Waals surface area (Å²) in [6, 6.07) is 12.7. The number of rotatable bonds is 10. The van der Waals surface area contributed by atoms with Gasteiger partial charge in [0, 0.05) is 42.8 Å². The van der Waals surface area contributed by atoms with Gasteiger partial charge >= 0.3 is 0 Å². The van der Waals surface area contributed by atoms with Crippen molar-refractivity contribution in [2.45, 2.75) is 56.0 Å². The first-order valence-electron chi connectivity index (χ1n) is 13.3. The predicted octanol–water partition coefficient (Wildman–Crippen LogP) is 3.35. The zero-order valence-corrected chi connectivity index (χ0v) is 22.9. The van der Waals surface area contributed by atoms with E-state index in [1.165, 1.54) is 0 Å². The molecular weight excluding hydrogens is 508 g/mol. The molecular formula is C29H39ClN2O6. The predicted molar refractivity (Wildman–Crippen MR) is 146 cm³/mol. The second-order valence-electron chi connectivity index (χ2n) is 10.3. The third-order valence-corrected chi connectivity index (χ3v) is 8.15. The molecule has 1 aliphatic heterocycles. The largest absolute Gasteiger partial charge is 0.497 e. The van der Waals surface area contributed by atoms with E-state index in [0.29, 0.717) is 67.3 Å². The van der Waals surface area contributed by atoms with Gasteiger partial charge in [0.2, 0.25) is 5.91 Å². The van der Waals surface area contributed by atoms with Gasteiger partial charge in [0.05, 0.1) is 26.4 Å². The van der Waals surface area contributed by atoms with Crippen molar-refractivity contribution in [3.8, 4) is 16.9 Å². The summed E-state index contributed by atoms with van der Waals surface area (Å²) in [5, 5.41) is 23.1. The minimum Gasteiger partial charge on any atom is -0.497 e. The van der Waals surface area contributed by atoms with Crippen LogP contribution in [0.4, 0.5) is 0 Å². The van der Waals surface area contributed by atoms with E-state index in [0.717, 1.165) is 12.0 Å². The van der Waals surface area contributed by atoms with E-state index in [9.17, 15) is 15.0 Å². The molecule has 1 saturated heterocycles. The summed E-state index contributed by atoms with van der Waals surface area (Å²) in [6.07, 6.45) is 1.32. The van der Waals surface area contributed by atoms with E-state index < -0.39 is 23.9 Å². The molecule has 5 atom stereocenters. The number of halogens is 1. The Kier molecular flexibility index (Phi) is 9.68. The minimum absolute atomic E-state index is 0.0499. The molecule has 2 aromatic carbocycles. The summed E-state index contributed by atoms with van der Waals surface area (Å²) >= 11 is 6.77. The number of nitrogens with two attached hydrogens (primary N) is 1. The second-order valence-corrected chi connectivity index (χ2v) is 10.7. The Balaban J connectivity index is 1.69. The topological polar surface area (TPSA) is 114 Å². The number of hydrogen-bond acceptors (Lipinski definition) is 7. The van der Waals surface area contributed by atoms with Crippen LogP contribution in [-0.2, 0) is 19.9 Å². The zero-order valence-electron chi connectivity index (χ0n) is 22.1. The summed E-state index contributed by atoms with van der Waals surface area (Å²) in [7, 11) is 3.26. The molecule has 4 N–H and O–H groups in total. The first-order chi connectivity index (χ1) is 18.3. The number of ether oxygens (including phenoxy) is 3. The third kappa shape index (κ3) is 6.17. The van der Waals surface area contributed by atoms with Crippen LogP contribution in [0.3, 0.4) is 0 Å². The lowest BCUT2D eigenvalue weighted by Gasteiger charge is -2.44. The fraction of sp³-hybridized carbons (Fsp3) is 0.552. The highest BCUT2D eigenvalue weighted by molar-refractivity contribution is 6.33. The molecule has 1 aliphatic carbocycles. The SMILES string of the molecule is COCCCC[C@@](O)(c1cccc(Cl)c1-c1cccc(OC)c1)C1CN(C(=O)[C@H]2C[C@@H](N)[C@@H](O)C2)CCO1. The number of benzene rings is 2. The van der Waals surface area contributed by atoms with Gasteiger partial charge in [0.25, 0.3) is 0 Å². The lowest BCUT2D eigenvalue weighted by atomic mass is 9.79. The van der Waals surface area contributed by atoms with E-state index in [1.54, 1.807) is 25.2 Å². The average Bonchev–Trinajstić information content (AvgIpc) is 3.28. The van der Waals surface area contributed by atoms with Crippen LogP contribution in [0.25, 0.3) is 11.1 Å². The Bertz CT molecular complexity index is 1090. The third-order valence-electron chi connectivity index (χ3n) is 7.83. The molecule has 4 rings (SSSR count). The van der Waals surface area contributed by atoms with Crippen LogP contribution < -0.4 is 10.5 Å². The van der Waals surface area contributed by atoms with Crippen molar-refractivity contribution in [3.63, 3.8) is 0 Å². The number of nitrogens with zero attached hydrogens (tertiary/aromatic N) is 1. The highest BCUT2D eigenvalue weighted by Crippen LogP contribution is 2.43. The fourth-order valence-corrected chi connectivity index (χ4v) is 6.00. The molecule has 1 unspecified atom stereocenters. The summed E-state index contributed by atoms with van der Waals surface area (Å²) < 4.78 is 16.9. The van der Waals surface area contributed by atoms with Crippen LogP contribution in [0.15, 0.2) is 42.5 Å². The number of amides is 1. The van der Waals surface area contributed by atoms with E-state index in [1.807, 2.05) is 36.4 Å². The minimum atomic E-state index is -1.43. The number of methoxy groups -OCH3 is 2. The standard InChI is InChI=1S/C29H39ClN2O6/c1-36-13-4-3-11-29(35,22-9-6-10-23(30)27(22)19-7-5-8-21(15-19)37-2)26-18-32(12-14-38-26)28(34)20-16-24(31)25(33)17-20/h5-10,15,20,24-26,33,35H,3-4,11-14,16-18,31H2,1-2H3/t20-,24+,25-,26?,29+/m0/s1. The summed E-state index contributed by atoms with van der Waals surface area (Å²) in [5.74, 6) is 0.304. The average molecular weight is 547 g/mol. The normalized spacial score (nSPS) is 25.3. The van der Waals surface area contributed by atoms with Gasteiger partial charge < -0.3 is 35.1 Å². The smallest absolute Gasteiger partial charge is 0.226 e. The van der Waals surface area contributed by atoms with Crippen molar-refractivity contribution >= 4 is 17.5 Å². The monoisotopic (exact) mass is 546 g/mol. The molecule has 0 spiro atoms. The first kappa shape index (κ1) is 28.8. The lowest BCUT2D eigenvalue weighted by molar-refractivity contribution is -0.167. The van der Waals surface area contributed by atoms with Crippen LogP contribution >= 0.6 is 11.6 Å². The zero-order chi connectivity index (χ0) is 27.3. The van der Waals surface area contributed by atoms with Gasteiger partial charge in [0.1, 0.15) is 17.5 Å². The highest BCUT2D eigenvalue weighted by atomic mass is 35.5. The van der Waals surface area contributed by atoms with Crippen molar-refractivity contribution in [2.75, 3.05) is 40.5 Å². The van der Waals surface area contributed by atoms with E-state index >= 15 is 0 Å². The summed E-state index contributed by atoms with van der Waals surface area (Å²) in [4.78, 5) is 15.1. The number of carbonyl (C=O) groups is 1. The van der Waals surface area contributed by atoms with E-state index in [4.69, 9.17) is 31.5 Å². The van der Waals surface area contributed by atoms with E-state index in [-0.39, 0.29) is 18.4 Å². The number of aliphatic hydroxyl groups is 2. The van der Waals surface area contributed by atoms with Crippen LogP contribution in [0.2, 0.25) is 5.02 Å². The fourth-order valence-electron chi connectivity index (χ4n) is 5.71. The van der Waals surface area contributed by atoms with Gasteiger partial charge in [-0.25, -0.2) is 0 Å². The summed E-state index contributed by atoms with van der Waals surface area (Å²) in [5.41, 5.74) is 6.72. The Morgan fingerprint density at radius 1 is 1.21 bits per heavy atom. The molecule has 0 radical (unpaired) electrons. The highest BCUT2D eigenvalue weighted by Gasteiger charge is 2.45. The molecule has 9 heteroatoms. The first-order valence-corrected chi connectivity index (χ1v) is 13.6. The summed E-state index contributed by atoms with van der Waals surface area (Å²) in [6.45, 7) is 1.53. The number of aliphatic hydroxyl groups excluding tert-OH is 1. The van der Waals surface area contributed by atoms with Crippen LogP contribution in [0.5, 0.6) is 5.75 Å². The van der Waals surface area contributed by atoms with Gasteiger partial charge in [0.15, 0.2) is 0 Å². The second kappa shape index (κ2) is 12.8. The van der Waals surface area contributed by atoms with Gasteiger partial charge in [-0.2, -0.15) is 0 Å². The van der Waals surface area contributed by atoms with Gasteiger partial charge in [-0.05, 0) is 61.4 Å². The number of morpholine rings is 1. The van der Waals surface area contributed by atoms with Crippen molar-refractivity contribution in [1.82, 2.24) is 4.90 Å². The van der Waals surface area contributed by atoms with Gasteiger partial charge in [-0.1, -0.05) is 35.9 Å².